The summed E-state index contributed by atoms with van der Waals surface area (Å²) in [5, 5.41) is 0. The van der Waals surface area contributed by atoms with Crippen LogP contribution in [0.2, 0.25) is 0 Å². The normalized spacial score (nSPS) is 16.1. The maximum Gasteiger partial charge on any atom is 0.334 e. The largest absolute Gasteiger partial charge is 0.493 e. The minimum absolute atomic E-state index is 0.357. The zero-order valence-electron chi connectivity index (χ0n) is 16.2. The first kappa shape index (κ1) is 20.6. The summed E-state index contributed by atoms with van der Waals surface area (Å²) in [7, 11) is 2.92. The third kappa shape index (κ3) is 5.36. The maximum atomic E-state index is 12.2. The number of methoxy groups -OCH3 is 2. The molecule has 1 atom stereocenters. The average Bonchev–Trinajstić information content (AvgIpc) is 2.67. The van der Waals surface area contributed by atoms with Gasteiger partial charge >= 0.3 is 11.9 Å². The Labute approximate surface area is 159 Å². The van der Waals surface area contributed by atoms with Gasteiger partial charge in [0.25, 0.3) is 0 Å². The summed E-state index contributed by atoms with van der Waals surface area (Å²) in [5.41, 5.74) is 1.31. The zero-order chi connectivity index (χ0) is 19.8. The summed E-state index contributed by atoms with van der Waals surface area (Å²) in [5.74, 6) is 0.521. The van der Waals surface area contributed by atoms with Crippen LogP contribution in [0.4, 0.5) is 0 Å². The van der Waals surface area contributed by atoms with Crippen LogP contribution >= 0.6 is 0 Å². The van der Waals surface area contributed by atoms with Crippen molar-refractivity contribution in [2.24, 2.45) is 0 Å². The van der Waals surface area contributed by atoms with Gasteiger partial charge in [0.05, 0.1) is 20.8 Å². The van der Waals surface area contributed by atoms with Crippen molar-refractivity contribution in [3.8, 4) is 11.5 Å². The summed E-state index contributed by atoms with van der Waals surface area (Å²) in [4.78, 5) is 23.5. The second-order valence-corrected chi connectivity index (χ2v) is 6.17. The predicted octanol–water partition coefficient (Wildman–Crippen LogP) is 3.91. The van der Waals surface area contributed by atoms with Gasteiger partial charge in [0.2, 0.25) is 0 Å². The molecule has 146 valence electrons. The molecule has 0 amide bonds. The van der Waals surface area contributed by atoms with E-state index in [1.807, 2.05) is 18.2 Å². The molecule has 1 aromatic carbocycles. The van der Waals surface area contributed by atoms with Crippen LogP contribution in [-0.2, 0) is 19.1 Å². The van der Waals surface area contributed by atoms with Gasteiger partial charge in [-0.05, 0) is 30.2 Å². The smallest absolute Gasteiger partial charge is 0.334 e. The highest BCUT2D eigenvalue weighted by molar-refractivity contribution is 5.91. The fourth-order valence-corrected chi connectivity index (χ4v) is 2.87. The molecule has 2 rings (SSSR count). The fourth-order valence-electron chi connectivity index (χ4n) is 2.87. The van der Waals surface area contributed by atoms with E-state index in [2.05, 4.69) is 6.92 Å². The monoisotopic (exact) mass is 374 g/mol. The van der Waals surface area contributed by atoms with Crippen LogP contribution in [0, 0.1) is 0 Å². The third-order valence-electron chi connectivity index (χ3n) is 4.21. The lowest BCUT2D eigenvalue weighted by Crippen LogP contribution is -2.16. The Kier molecular flexibility index (Phi) is 7.46. The Morgan fingerprint density at radius 1 is 1.19 bits per heavy atom. The quantitative estimate of drug-likeness (QED) is 0.507. The van der Waals surface area contributed by atoms with Crippen molar-refractivity contribution < 1.29 is 28.5 Å². The molecular formula is C21H26O6. The van der Waals surface area contributed by atoms with E-state index >= 15 is 0 Å². The van der Waals surface area contributed by atoms with E-state index in [1.54, 1.807) is 19.3 Å². The van der Waals surface area contributed by atoms with E-state index in [0.717, 1.165) is 18.4 Å². The molecule has 27 heavy (non-hydrogen) atoms. The van der Waals surface area contributed by atoms with Crippen LogP contribution < -0.4 is 9.47 Å². The molecule has 0 aromatic heterocycles. The number of hydrogen-bond donors (Lipinski definition) is 0. The van der Waals surface area contributed by atoms with E-state index in [9.17, 15) is 9.59 Å². The van der Waals surface area contributed by atoms with Gasteiger partial charge in [-0.3, -0.25) is 4.79 Å². The Morgan fingerprint density at radius 2 is 1.96 bits per heavy atom. The first-order chi connectivity index (χ1) is 13.0. The second kappa shape index (κ2) is 9.80. The van der Waals surface area contributed by atoms with Crippen LogP contribution in [0.1, 0.15) is 44.6 Å². The van der Waals surface area contributed by atoms with E-state index in [0.29, 0.717) is 35.9 Å². The first-order valence-electron chi connectivity index (χ1n) is 8.98. The van der Waals surface area contributed by atoms with Crippen LogP contribution in [0.25, 0.3) is 0 Å². The van der Waals surface area contributed by atoms with Crippen molar-refractivity contribution in [2.75, 3.05) is 20.8 Å². The lowest BCUT2D eigenvalue weighted by atomic mass is 9.86. The lowest BCUT2D eigenvalue weighted by molar-refractivity contribution is -0.137. The van der Waals surface area contributed by atoms with Crippen molar-refractivity contribution in [2.45, 2.75) is 39.0 Å². The molecule has 0 saturated heterocycles. The average molecular weight is 374 g/mol. The maximum absolute atomic E-state index is 12.2. The molecule has 0 radical (unpaired) electrons. The standard InChI is InChI=1S/C21H26O6/c1-5-6-11-26-19-10-7-15(12-20(19)24-3)18-13-16(27-14(2)22)8-9-17(18)21(23)25-4/h7,9-10,12-13,18H,5-6,8,11H2,1-4H3. The number of unbranched alkanes of at least 4 members (excludes halogenated alkanes) is 1. The summed E-state index contributed by atoms with van der Waals surface area (Å²) >= 11 is 0. The van der Waals surface area contributed by atoms with Crippen LogP contribution in [0.5, 0.6) is 11.5 Å². The number of hydrogen-bond acceptors (Lipinski definition) is 6. The molecule has 0 heterocycles. The molecule has 0 saturated carbocycles. The minimum atomic E-state index is -0.416. The second-order valence-electron chi connectivity index (χ2n) is 6.17. The van der Waals surface area contributed by atoms with Crippen molar-refractivity contribution in [3.63, 3.8) is 0 Å². The minimum Gasteiger partial charge on any atom is -0.493 e. The van der Waals surface area contributed by atoms with E-state index in [1.165, 1.54) is 14.0 Å². The Morgan fingerprint density at radius 3 is 2.59 bits per heavy atom. The van der Waals surface area contributed by atoms with Crippen LogP contribution in [0.15, 0.2) is 41.7 Å². The number of carbonyl (C=O) groups excluding carboxylic acids is 2. The zero-order valence-corrected chi connectivity index (χ0v) is 16.2. The number of benzene rings is 1. The summed E-state index contributed by atoms with van der Waals surface area (Å²) in [6.07, 6.45) is 5.85. The fraction of sp³-hybridized carbons (Fsp3) is 0.429. The van der Waals surface area contributed by atoms with Gasteiger partial charge in [0, 0.05) is 24.8 Å². The Balaban J connectivity index is 2.35. The topological polar surface area (TPSA) is 71.1 Å². The Hall–Kier alpha value is -2.76. The van der Waals surface area contributed by atoms with Gasteiger partial charge < -0.3 is 18.9 Å². The highest BCUT2D eigenvalue weighted by atomic mass is 16.5. The first-order valence-corrected chi connectivity index (χ1v) is 8.98. The van der Waals surface area contributed by atoms with Gasteiger partial charge in [0.15, 0.2) is 11.5 Å². The lowest BCUT2D eigenvalue weighted by Gasteiger charge is -2.22. The van der Waals surface area contributed by atoms with Gasteiger partial charge in [0.1, 0.15) is 5.76 Å². The Bertz CT molecular complexity index is 747. The molecule has 1 aliphatic rings. The van der Waals surface area contributed by atoms with Crippen LogP contribution in [-0.4, -0.2) is 32.8 Å². The molecule has 6 nitrogen and oxygen atoms in total. The third-order valence-corrected chi connectivity index (χ3v) is 4.21. The number of ether oxygens (including phenoxy) is 4. The van der Waals surface area contributed by atoms with Gasteiger partial charge in [-0.25, -0.2) is 4.79 Å². The predicted molar refractivity (Wildman–Crippen MR) is 101 cm³/mol. The molecule has 1 aromatic rings. The van der Waals surface area contributed by atoms with E-state index < -0.39 is 17.9 Å². The number of allylic oxidation sites excluding steroid dienone is 2. The number of esters is 2. The van der Waals surface area contributed by atoms with Crippen molar-refractivity contribution >= 4 is 11.9 Å². The van der Waals surface area contributed by atoms with E-state index in [4.69, 9.17) is 18.9 Å². The summed E-state index contributed by atoms with van der Waals surface area (Å²) < 4.78 is 21.3. The highest BCUT2D eigenvalue weighted by Crippen LogP contribution is 2.37. The molecule has 1 aliphatic carbocycles. The van der Waals surface area contributed by atoms with Crippen LogP contribution in [0.3, 0.4) is 0 Å². The number of carbonyl (C=O) groups is 2. The van der Waals surface area contributed by atoms with Crippen molar-refractivity contribution in [1.82, 2.24) is 0 Å². The van der Waals surface area contributed by atoms with Gasteiger partial charge in [-0.15, -0.1) is 0 Å². The highest BCUT2D eigenvalue weighted by Gasteiger charge is 2.27. The molecule has 6 heteroatoms. The molecule has 1 unspecified atom stereocenters. The molecule has 0 fully saturated rings. The van der Waals surface area contributed by atoms with Crippen molar-refractivity contribution in [1.29, 1.82) is 0 Å². The van der Waals surface area contributed by atoms with Gasteiger partial charge in [-0.2, -0.15) is 0 Å². The molecule has 0 bridgehead atoms. The molecule has 0 N–H and O–H groups in total. The molecule has 0 aliphatic heterocycles. The van der Waals surface area contributed by atoms with Crippen molar-refractivity contribution in [3.05, 3.63) is 47.2 Å². The van der Waals surface area contributed by atoms with E-state index in [-0.39, 0.29) is 0 Å². The summed E-state index contributed by atoms with van der Waals surface area (Å²) in [6.45, 7) is 4.06. The van der Waals surface area contributed by atoms with Gasteiger partial charge in [-0.1, -0.05) is 25.5 Å². The SMILES string of the molecule is CCCCOc1ccc(C2C=C(OC(C)=O)CC=C2C(=O)OC)cc1OC. The number of rotatable bonds is 8. The summed E-state index contributed by atoms with van der Waals surface area (Å²) in [6, 6.07) is 5.53. The molecule has 0 spiro atoms. The molecular weight excluding hydrogens is 348 g/mol.